The molecule has 2 aromatic heterocycles. The van der Waals surface area contributed by atoms with Crippen molar-refractivity contribution in [3.8, 4) is 0 Å². The van der Waals surface area contributed by atoms with E-state index in [1.807, 2.05) is 6.07 Å². The van der Waals surface area contributed by atoms with Gasteiger partial charge in [0.25, 0.3) is 0 Å². The summed E-state index contributed by atoms with van der Waals surface area (Å²) in [6, 6.07) is 3.64. The molecule has 3 nitrogen and oxygen atoms in total. The molecule has 1 atom stereocenters. The summed E-state index contributed by atoms with van der Waals surface area (Å²) in [5.41, 5.74) is 1.63. The number of rotatable bonds is 3. The molecule has 0 aromatic carbocycles. The van der Waals surface area contributed by atoms with Gasteiger partial charge in [0, 0.05) is 41.2 Å². The summed E-state index contributed by atoms with van der Waals surface area (Å²) in [6.07, 6.45) is 6.39. The predicted octanol–water partition coefficient (Wildman–Crippen LogP) is 3.17. The van der Waals surface area contributed by atoms with Crippen LogP contribution < -0.4 is 0 Å². The lowest BCUT2D eigenvalue weighted by molar-refractivity contribution is 0.178. The molecule has 2 rings (SSSR count). The van der Waals surface area contributed by atoms with E-state index in [0.29, 0.717) is 17.0 Å². The number of pyridine rings is 2. The zero-order chi connectivity index (χ0) is 12.3. The van der Waals surface area contributed by atoms with Gasteiger partial charge in [0.2, 0.25) is 0 Å². The van der Waals surface area contributed by atoms with Gasteiger partial charge in [-0.2, -0.15) is 0 Å². The first kappa shape index (κ1) is 12.5. The molecule has 0 fully saturated rings. The molecule has 5 heteroatoms. The molecule has 0 aliphatic carbocycles. The van der Waals surface area contributed by atoms with Gasteiger partial charge < -0.3 is 5.11 Å². The van der Waals surface area contributed by atoms with E-state index in [9.17, 15) is 5.11 Å². The lowest BCUT2D eigenvalue weighted by Gasteiger charge is -2.12. The van der Waals surface area contributed by atoms with Gasteiger partial charge in [0.1, 0.15) is 0 Å². The predicted molar refractivity (Wildman–Crippen MR) is 69.8 cm³/mol. The fourth-order valence-electron chi connectivity index (χ4n) is 1.56. The molecule has 0 aliphatic rings. The molecule has 1 N–H and O–H groups in total. The molecular weight excluding hydrogens is 304 g/mol. The number of hydrogen-bond acceptors (Lipinski definition) is 3. The van der Waals surface area contributed by atoms with Crippen molar-refractivity contribution in [2.24, 2.45) is 0 Å². The first-order valence-electron chi connectivity index (χ1n) is 5.03. The third-order valence-corrected chi connectivity index (χ3v) is 3.10. The van der Waals surface area contributed by atoms with Crippen molar-refractivity contribution < 1.29 is 5.11 Å². The topological polar surface area (TPSA) is 46.0 Å². The number of halogens is 2. The standard InChI is InChI=1S/C12H10BrClN2O/c13-9-3-8(5-16-6-9)4-12(17)10-1-2-15-7-11(10)14/h1-3,5-7,12,17H,4H2. The van der Waals surface area contributed by atoms with Crippen molar-refractivity contribution in [1.29, 1.82) is 0 Å². The van der Waals surface area contributed by atoms with Crippen LogP contribution in [0.2, 0.25) is 5.02 Å². The highest BCUT2D eigenvalue weighted by molar-refractivity contribution is 9.10. The molecule has 0 saturated heterocycles. The van der Waals surface area contributed by atoms with Gasteiger partial charge in [-0.25, -0.2) is 0 Å². The quantitative estimate of drug-likeness (QED) is 0.946. The molecule has 88 valence electrons. The van der Waals surface area contributed by atoms with Crippen molar-refractivity contribution in [1.82, 2.24) is 9.97 Å². The van der Waals surface area contributed by atoms with E-state index in [0.717, 1.165) is 10.0 Å². The second kappa shape index (κ2) is 5.58. The van der Waals surface area contributed by atoms with Crippen LogP contribution in [-0.4, -0.2) is 15.1 Å². The Balaban J connectivity index is 2.17. The normalized spacial score (nSPS) is 12.4. The zero-order valence-corrected chi connectivity index (χ0v) is 11.2. The van der Waals surface area contributed by atoms with Crippen molar-refractivity contribution in [2.45, 2.75) is 12.5 Å². The monoisotopic (exact) mass is 312 g/mol. The molecule has 0 saturated carbocycles. The zero-order valence-electron chi connectivity index (χ0n) is 8.85. The maximum absolute atomic E-state index is 10.1. The van der Waals surface area contributed by atoms with Gasteiger partial charge >= 0.3 is 0 Å². The van der Waals surface area contributed by atoms with Crippen LogP contribution in [0.15, 0.2) is 41.4 Å². The van der Waals surface area contributed by atoms with E-state index in [4.69, 9.17) is 11.6 Å². The summed E-state index contributed by atoms with van der Waals surface area (Å²) in [5, 5.41) is 10.6. The molecule has 0 radical (unpaired) electrons. The molecule has 0 amide bonds. The fourth-order valence-corrected chi connectivity index (χ4v) is 2.21. The Bertz CT molecular complexity index is 521. The van der Waals surface area contributed by atoms with Crippen LogP contribution in [0.4, 0.5) is 0 Å². The number of aliphatic hydroxyl groups excluding tert-OH is 1. The van der Waals surface area contributed by atoms with E-state index < -0.39 is 6.10 Å². The molecule has 2 heterocycles. The van der Waals surface area contributed by atoms with E-state index in [2.05, 4.69) is 25.9 Å². The smallest absolute Gasteiger partial charge is 0.0846 e. The van der Waals surface area contributed by atoms with E-state index in [1.165, 1.54) is 6.20 Å². The number of aromatic nitrogens is 2. The number of nitrogens with zero attached hydrogens (tertiary/aromatic N) is 2. The number of aliphatic hydroxyl groups is 1. The molecule has 0 aliphatic heterocycles. The summed E-state index contributed by atoms with van der Waals surface area (Å²) in [4.78, 5) is 7.94. The van der Waals surface area contributed by atoms with Gasteiger partial charge in [-0.3, -0.25) is 9.97 Å². The van der Waals surface area contributed by atoms with Crippen LogP contribution in [0.25, 0.3) is 0 Å². The second-order valence-corrected chi connectivity index (χ2v) is 4.95. The van der Waals surface area contributed by atoms with E-state index in [1.54, 1.807) is 24.7 Å². The van der Waals surface area contributed by atoms with Gasteiger partial charge in [-0.05, 0) is 33.6 Å². The molecule has 0 spiro atoms. The molecule has 0 bridgehead atoms. The summed E-state index contributed by atoms with van der Waals surface area (Å²) in [6.45, 7) is 0. The van der Waals surface area contributed by atoms with Crippen molar-refractivity contribution >= 4 is 27.5 Å². The lowest BCUT2D eigenvalue weighted by atomic mass is 10.0. The second-order valence-electron chi connectivity index (χ2n) is 3.63. The first-order valence-corrected chi connectivity index (χ1v) is 6.21. The summed E-state index contributed by atoms with van der Waals surface area (Å²) in [7, 11) is 0. The highest BCUT2D eigenvalue weighted by Crippen LogP contribution is 2.25. The average Bonchev–Trinajstić information content (AvgIpc) is 2.29. The summed E-state index contributed by atoms with van der Waals surface area (Å²) in [5.74, 6) is 0. The number of hydrogen-bond donors (Lipinski definition) is 1. The van der Waals surface area contributed by atoms with Gasteiger partial charge in [-0.15, -0.1) is 0 Å². The molecule has 1 unspecified atom stereocenters. The van der Waals surface area contributed by atoms with Gasteiger partial charge in [0.05, 0.1) is 11.1 Å². The van der Waals surface area contributed by atoms with Crippen LogP contribution >= 0.6 is 27.5 Å². The van der Waals surface area contributed by atoms with E-state index >= 15 is 0 Å². The third kappa shape index (κ3) is 3.25. The fraction of sp³-hybridized carbons (Fsp3) is 0.167. The maximum atomic E-state index is 10.1. The minimum absolute atomic E-state index is 0.468. The summed E-state index contributed by atoms with van der Waals surface area (Å²) < 4.78 is 0.892. The Labute approximate surface area is 113 Å². The van der Waals surface area contributed by atoms with Crippen LogP contribution in [-0.2, 0) is 6.42 Å². The summed E-state index contributed by atoms with van der Waals surface area (Å²) >= 11 is 9.31. The Morgan fingerprint density at radius 2 is 2.12 bits per heavy atom. The molecule has 2 aromatic rings. The Kier molecular flexibility index (Phi) is 4.10. The SMILES string of the molecule is OC(Cc1cncc(Br)c1)c1ccncc1Cl. The van der Waals surface area contributed by atoms with Gasteiger partial charge in [0.15, 0.2) is 0 Å². The average molecular weight is 314 g/mol. The maximum Gasteiger partial charge on any atom is 0.0846 e. The van der Waals surface area contributed by atoms with Crippen LogP contribution in [0, 0.1) is 0 Å². The lowest BCUT2D eigenvalue weighted by Crippen LogP contribution is -2.03. The minimum atomic E-state index is -0.651. The molecular formula is C12H10BrClN2O. The minimum Gasteiger partial charge on any atom is -0.388 e. The Hall–Kier alpha value is -0.970. The highest BCUT2D eigenvalue weighted by atomic mass is 79.9. The highest BCUT2D eigenvalue weighted by Gasteiger charge is 2.12. The Morgan fingerprint density at radius 3 is 2.82 bits per heavy atom. The first-order chi connectivity index (χ1) is 8.16. The largest absolute Gasteiger partial charge is 0.388 e. The van der Waals surface area contributed by atoms with Crippen LogP contribution in [0.1, 0.15) is 17.2 Å². The van der Waals surface area contributed by atoms with Crippen LogP contribution in [0.3, 0.4) is 0 Å². The van der Waals surface area contributed by atoms with Crippen molar-refractivity contribution in [3.05, 3.63) is 57.5 Å². The third-order valence-electron chi connectivity index (χ3n) is 2.35. The molecule has 17 heavy (non-hydrogen) atoms. The van der Waals surface area contributed by atoms with Crippen LogP contribution in [0.5, 0.6) is 0 Å². The van der Waals surface area contributed by atoms with E-state index in [-0.39, 0.29) is 0 Å². The van der Waals surface area contributed by atoms with Crippen molar-refractivity contribution in [2.75, 3.05) is 0 Å². The Morgan fingerprint density at radius 1 is 1.29 bits per heavy atom. The van der Waals surface area contributed by atoms with Gasteiger partial charge in [-0.1, -0.05) is 11.6 Å². The van der Waals surface area contributed by atoms with Crippen molar-refractivity contribution in [3.63, 3.8) is 0 Å².